The van der Waals surface area contributed by atoms with Crippen LogP contribution in [0.25, 0.3) is 0 Å². The summed E-state index contributed by atoms with van der Waals surface area (Å²) in [6.07, 6.45) is -0.492. The first-order valence-corrected chi connectivity index (χ1v) is 11.3. The van der Waals surface area contributed by atoms with Crippen LogP contribution in [0.1, 0.15) is 50.5 Å². The number of aliphatic imine (C=N–C) groups is 1. The normalized spacial score (nSPS) is 27.3. The number of nitrogens with two attached hydrogens (primary N) is 1. The van der Waals surface area contributed by atoms with Gasteiger partial charge in [0, 0.05) is 19.5 Å². The lowest BCUT2D eigenvalue weighted by atomic mass is 9.86. The zero-order chi connectivity index (χ0) is 22.1. The van der Waals surface area contributed by atoms with Gasteiger partial charge in [0.25, 0.3) is 0 Å². The molecule has 0 aromatic heterocycles. The summed E-state index contributed by atoms with van der Waals surface area (Å²) < 4.78 is 0. The van der Waals surface area contributed by atoms with Crippen LogP contribution in [0.4, 0.5) is 0 Å². The van der Waals surface area contributed by atoms with Crippen molar-refractivity contribution in [3.8, 4) is 0 Å². The fourth-order valence-corrected chi connectivity index (χ4v) is 4.74. The highest BCUT2D eigenvalue weighted by molar-refractivity contribution is 8.12. The van der Waals surface area contributed by atoms with Gasteiger partial charge < -0.3 is 21.1 Å². The predicted molar refractivity (Wildman–Crippen MR) is 120 cm³/mol. The molecular formula is C22H32N4O3S. The fraction of sp³-hybridized carbons (Fsp3) is 0.591. The van der Waals surface area contributed by atoms with Crippen LogP contribution in [-0.2, 0) is 16.1 Å². The molecule has 1 fully saturated rings. The number of rotatable bonds is 5. The molecule has 5 atom stereocenters. The second-order valence-corrected chi connectivity index (χ2v) is 10.2. The molecule has 1 aromatic rings. The standard InChI is InChI=1S/C22H32N4O3S/c1-13-18(30-12-25-13)15-7-5-14(6-8-15)10-24-20(28)17-9-16(27)11-26(17)21(29)19(23)22(2,3)4/h5-8,12-13,16-19,27H,9-11,23H2,1-4H3,(H,24,28)/t13?,16-,17+,18?,19-/m1/s1. The average molecular weight is 433 g/mol. The van der Waals surface area contributed by atoms with Crippen molar-refractivity contribution in [2.75, 3.05) is 6.54 Å². The third kappa shape index (κ3) is 5.04. The molecule has 0 saturated carbocycles. The second-order valence-electron chi connectivity index (χ2n) is 9.25. The molecule has 7 nitrogen and oxygen atoms in total. The quantitative estimate of drug-likeness (QED) is 0.658. The summed E-state index contributed by atoms with van der Waals surface area (Å²) in [5.41, 5.74) is 9.78. The third-order valence-electron chi connectivity index (χ3n) is 5.78. The van der Waals surface area contributed by atoms with Gasteiger partial charge in [0.15, 0.2) is 0 Å². The lowest BCUT2D eigenvalue weighted by Gasteiger charge is -2.32. The van der Waals surface area contributed by atoms with Crippen LogP contribution in [-0.4, -0.2) is 58.1 Å². The summed E-state index contributed by atoms with van der Waals surface area (Å²) in [5, 5.41) is 13.3. The third-order valence-corrected chi connectivity index (χ3v) is 6.98. The molecule has 2 heterocycles. The van der Waals surface area contributed by atoms with E-state index < -0.39 is 23.6 Å². The minimum Gasteiger partial charge on any atom is -0.391 e. The summed E-state index contributed by atoms with van der Waals surface area (Å²) >= 11 is 1.72. The number of hydrogen-bond acceptors (Lipinski definition) is 6. The zero-order valence-corrected chi connectivity index (χ0v) is 18.9. The zero-order valence-electron chi connectivity index (χ0n) is 18.0. The first-order valence-electron chi connectivity index (χ1n) is 10.4. The lowest BCUT2D eigenvalue weighted by Crippen LogP contribution is -2.54. The van der Waals surface area contributed by atoms with Crippen molar-refractivity contribution in [1.82, 2.24) is 10.2 Å². The van der Waals surface area contributed by atoms with Crippen molar-refractivity contribution in [3.63, 3.8) is 0 Å². The summed E-state index contributed by atoms with van der Waals surface area (Å²) in [6, 6.07) is 6.98. The maximum atomic E-state index is 12.8. The van der Waals surface area contributed by atoms with Crippen molar-refractivity contribution in [2.24, 2.45) is 16.1 Å². The average Bonchev–Trinajstić information content (AvgIpc) is 3.30. The molecule has 4 N–H and O–H groups in total. The van der Waals surface area contributed by atoms with Crippen LogP contribution in [0.15, 0.2) is 29.3 Å². The Morgan fingerprint density at radius 2 is 2.00 bits per heavy atom. The van der Waals surface area contributed by atoms with E-state index in [4.69, 9.17) is 5.73 Å². The summed E-state index contributed by atoms with van der Waals surface area (Å²) in [4.78, 5) is 31.4. The van der Waals surface area contributed by atoms with Gasteiger partial charge in [0.2, 0.25) is 11.8 Å². The van der Waals surface area contributed by atoms with Crippen molar-refractivity contribution < 1.29 is 14.7 Å². The molecule has 3 rings (SSSR count). The van der Waals surface area contributed by atoms with Gasteiger partial charge in [0.1, 0.15) is 6.04 Å². The minimum absolute atomic E-state index is 0.134. The summed E-state index contributed by atoms with van der Waals surface area (Å²) in [6.45, 7) is 8.26. The summed E-state index contributed by atoms with van der Waals surface area (Å²) in [7, 11) is 0. The first-order chi connectivity index (χ1) is 14.1. The predicted octanol–water partition coefficient (Wildman–Crippen LogP) is 1.84. The molecule has 1 aromatic carbocycles. The number of aliphatic hydroxyl groups is 1. The van der Waals surface area contributed by atoms with Gasteiger partial charge in [-0.15, -0.1) is 11.8 Å². The van der Waals surface area contributed by atoms with Gasteiger partial charge in [-0.05, 0) is 23.5 Å². The Bertz CT molecular complexity index is 806. The lowest BCUT2D eigenvalue weighted by molar-refractivity contribution is -0.141. The van der Waals surface area contributed by atoms with Crippen molar-refractivity contribution in [3.05, 3.63) is 35.4 Å². The highest BCUT2D eigenvalue weighted by atomic mass is 32.2. The fourth-order valence-electron chi connectivity index (χ4n) is 3.73. The first kappa shape index (κ1) is 22.8. The number of likely N-dealkylation sites (tertiary alicyclic amines) is 1. The smallest absolute Gasteiger partial charge is 0.243 e. The number of carbonyl (C=O) groups excluding carboxylic acids is 2. The van der Waals surface area contributed by atoms with Crippen LogP contribution >= 0.6 is 11.8 Å². The molecule has 2 aliphatic heterocycles. The Balaban J connectivity index is 1.60. The van der Waals surface area contributed by atoms with Crippen LogP contribution in [0.2, 0.25) is 0 Å². The van der Waals surface area contributed by atoms with Crippen LogP contribution < -0.4 is 11.1 Å². The second kappa shape index (κ2) is 9.08. The number of amides is 2. The molecule has 0 spiro atoms. The molecule has 2 unspecified atom stereocenters. The van der Waals surface area contributed by atoms with Gasteiger partial charge in [-0.3, -0.25) is 14.6 Å². The topological polar surface area (TPSA) is 108 Å². The Morgan fingerprint density at radius 3 is 2.57 bits per heavy atom. The van der Waals surface area contributed by atoms with Gasteiger partial charge in [-0.2, -0.15) is 0 Å². The number of hydrogen-bond donors (Lipinski definition) is 3. The Morgan fingerprint density at radius 1 is 1.33 bits per heavy atom. The highest BCUT2D eigenvalue weighted by Crippen LogP contribution is 2.36. The van der Waals surface area contributed by atoms with Gasteiger partial charge in [0.05, 0.1) is 29.0 Å². The molecule has 2 aliphatic rings. The van der Waals surface area contributed by atoms with E-state index in [-0.39, 0.29) is 30.8 Å². The Labute approximate surface area is 182 Å². The molecular weight excluding hydrogens is 400 g/mol. The molecule has 0 bridgehead atoms. The van der Waals surface area contributed by atoms with E-state index >= 15 is 0 Å². The van der Waals surface area contributed by atoms with Gasteiger partial charge >= 0.3 is 0 Å². The van der Waals surface area contributed by atoms with Crippen LogP contribution in [0.5, 0.6) is 0 Å². The molecule has 0 aliphatic carbocycles. The number of nitrogens with zero attached hydrogens (tertiary/aromatic N) is 2. The summed E-state index contributed by atoms with van der Waals surface area (Å²) in [5.74, 6) is -0.563. The van der Waals surface area contributed by atoms with E-state index in [1.807, 2.05) is 38.5 Å². The van der Waals surface area contributed by atoms with E-state index in [1.165, 1.54) is 10.5 Å². The van der Waals surface area contributed by atoms with E-state index in [1.54, 1.807) is 11.8 Å². The maximum absolute atomic E-state index is 12.8. The molecule has 30 heavy (non-hydrogen) atoms. The van der Waals surface area contributed by atoms with E-state index in [2.05, 4.69) is 29.4 Å². The van der Waals surface area contributed by atoms with Crippen molar-refractivity contribution >= 4 is 29.1 Å². The van der Waals surface area contributed by atoms with E-state index in [9.17, 15) is 14.7 Å². The Hall–Kier alpha value is -1.90. The van der Waals surface area contributed by atoms with E-state index in [0.717, 1.165) is 5.56 Å². The van der Waals surface area contributed by atoms with Crippen LogP contribution in [0, 0.1) is 5.41 Å². The van der Waals surface area contributed by atoms with Gasteiger partial charge in [-0.1, -0.05) is 45.0 Å². The molecule has 164 valence electrons. The molecule has 0 radical (unpaired) electrons. The monoisotopic (exact) mass is 432 g/mol. The maximum Gasteiger partial charge on any atom is 0.243 e. The number of benzene rings is 1. The van der Waals surface area contributed by atoms with Crippen LogP contribution in [0.3, 0.4) is 0 Å². The van der Waals surface area contributed by atoms with Crippen molar-refractivity contribution in [2.45, 2.75) is 70.1 Å². The molecule has 2 amide bonds. The molecule has 1 saturated heterocycles. The van der Waals surface area contributed by atoms with Crippen molar-refractivity contribution in [1.29, 1.82) is 0 Å². The van der Waals surface area contributed by atoms with E-state index in [0.29, 0.717) is 11.8 Å². The SMILES string of the molecule is CC1N=CSC1c1ccc(CNC(=O)[C@@H]2C[C@@H](O)CN2C(=O)[C@@H](N)C(C)(C)C)cc1. The Kier molecular flexibility index (Phi) is 6.89. The largest absolute Gasteiger partial charge is 0.391 e. The number of β-amino-alcohol motifs (C(OH)–C–C–N with tert-alkyl or cyclic N) is 1. The number of nitrogens with one attached hydrogen (secondary N) is 1. The number of carbonyl (C=O) groups is 2. The highest BCUT2D eigenvalue weighted by Gasteiger charge is 2.42. The number of aliphatic hydroxyl groups excluding tert-OH is 1. The van der Waals surface area contributed by atoms with Gasteiger partial charge in [-0.25, -0.2) is 0 Å². The molecule has 8 heteroatoms. The number of thioether (sulfide) groups is 1. The minimum atomic E-state index is -0.731.